The Morgan fingerprint density at radius 3 is 2.29 bits per heavy atom. The van der Waals surface area contributed by atoms with Crippen LogP contribution in [0.3, 0.4) is 0 Å². The highest BCUT2D eigenvalue weighted by Gasteiger charge is 2.25. The predicted octanol–water partition coefficient (Wildman–Crippen LogP) is 3.23. The quantitative estimate of drug-likeness (QED) is 0.697. The average Bonchev–Trinajstić information content (AvgIpc) is 2.72. The number of halogens is 1. The van der Waals surface area contributed by atoms with Gasteiger partial charge in [0.1, 0.15) is 17.6 Å². The van der Waals surface area contributed by atoms with Crippen molar-refractivity contribution in [3.63, 3.8) is 0 Å². The summed E-state index contributed by atoms with van der Waals surface area (Å²) in [5.41, 5.74) is 1.86. The van der Waals surface area contributed by atoms with Crippen LogP contribution in [0.1, 0.15) is 18.1 Å². The molecule has 2 rings (SSSR count). The van der Waals surface area contributed by atoms with E-state index in [1.165, 1.54) is 23.9 Å². The smallest absolute Gasteiger partial charge is 0.242 e. The van der Waals surface area contributed by atoms with E-state index in [4.69, 9.17) is 4.74 Å². The van der Waals surface area contributed by atoms with E-state index < -0.39 is 6.04 Å². The molecule has 1 N–H and O–H groups in total. The number of nitrogens with one attached hydrogen (secondary N) is 1. The van der Waals surface area contributed by atoms with E-state index in [1.807, 2.05) is 24.3 Å². The summed E-state index contributed by atoms with van der Waals surface area (Å²) in [6.45, 7) is 2.04. The second kappa shape index (κ2) is 10.7. The van der Waals surface area contributed by atoms with E-state index in [1.54, 1.807) is 38.1 Å². The monoisotopic (exact) mass is 404 g/mol. The summed E-state index contributed by atoms with van der Waals surface area (Å²) in [7, 11) is 3.15. The number of nitrogens with zero attached hydrogens (tertiary/aromatic N) is 1. The summed E-state index contributed by atoms with van der Waals surface area (Å²) < 4.78 is 18.1. The van der Waals surface area contributed by atoms with Gasteiger partial charge >= 0.3 is 0 Å². The fraction of sp³-hybridized carbons (Fsp3) is 0.333. The highest BCUT2D eigenvalue weighted by molar-refractivity contribution is 7.99. The number of methoxy groups -OCH3 is 1. The molecule has 0 aliphatic rings. The second-order valence-corrected chi connectivity index (χ2v) is 7.26. The van der Waals surface area contributed by atoms with Crippen molar-refractivity contribution in [3.8, 4) is 5.75 Å². The first kappa shape index (κ1) is 21.8. The zero-order valence-corrected chi connectivity index (χ0v) is 17.1. The molecule has 5 nitrogen and oxygen atoms in total. The summed E-state index contributed by atoms with van der Waals surface area (Å²) >= 11 is 1.44. The average molecular weight is 405 g/mol. The number of hydrogen-bond donors (Lipinski definition) is 1. The molecule has 0 fully saturated rings. The van der Waals surface area contributed by atoms with E-state index in [0.29, 0.717) is 12.3 Å². The van der Waals surface area contributed by atoms with Crippen molar-refractivity contribution in [2.75, 3.05) is 19.9 Å². The van der Waals surface area contributed by atoms with Crippen molar-refractivity contribution in [1.29, 1.82) is 0 Å². The minimum Gasteiger partial charge on any atom is -0.497 e. The molecule has 0 saturated carbocycles. The van der Waals surface area contributed by atoms with Crippen LogP contribution in [0.15, 0.2) is 48.5 Å². The van der Waals surface area contributed by atoms with Gasteiger partial charge in [0.05, 0.1) is 12.9 Å². The highest BCUT2D eigenvalue weighted by Crippen LogP contribution is 2.18. The fourth-order valence-electron chi connectivity index (χ4n) is 2.64. The molecule has 1 atom stereocenters. The second-order valence-electron chi connectivity index (χ2n) is 6.28. The molecule has 0 bridgehead atoms. The molecule has 2 aromatic rings. The minimum atomic E-state index is -0.592. The number of likely N-dealkylation sites (N-methyl/N-ethyl adjacent to an activating group) is 1. The minimum absolute atomic E-state index is 0.126. The van der Waals surface area contributed by atoms with E-state index in [-0.39, 0.29) is 23.4 Å². The summed E-state index contributed by atoms with van der Waals surface area (Å²) in [5, 5.41) is 2.60. The molecular weight excluding hydrogens is 379 g/mol. The lowest BCUT2D eigenvalue weighted by Crippen LogP contribution is -2.47. The Morgan fingerprint density at radius 1 is 1.11 bits per heavy atom. The van der Waals surface area contributed by atoms with Gasteiger partial charge in [-0.2, -0.15) is 0 Å². The lowest BCUT2D eigenvalue weighted by atomic mass is 10.1. The van der Waals surface area contributed by atoms with Gasteiger partial charge in [0.25, 0.3) is 0 Å². The van der Waals surface area contributed by atoms with Crippen molar-refractivity contribution in [2.45, 2.75) is 25.3 Å². The van der Waals surface area contributed by atoms with Crippen LogP contribution < -0.4 is 10.1 Å². The number of ether oxygens (including phenoxy) is 1. The van der Waals surface area contributed by atoms with Crippen molar-refractivity contribution < 1.29 is 18.7 Å². The summed E-state index contributed by atoms with van der Waals surface area (Å²) in [6.07, 6.45) is 0. The number of carbonyl (C=O) groups is 2. The fourth-order valence-corrected chi connectivity index (χ4v) is 3.51. The number of thioether (sulfide) groups is 1. The van der Waals surface area contributed by atoms with Gasteiger partial charge in [-0.25, -0.2) is 4.39 Å². The molecule has 0 aromatic heterocycles. The van der Waals surface area contributed by atoms with Crippen molar-refractivity contribution in [3.05, 3.63) is 65.5 Å². The number of rotatable bonds is 9. The Labute approximate surface area is 169 Å². The van der Waals surface area contributed by atoms with Gasteiger partial charge < -0.3 is 15.0 Å². The zero-order chi connectivity index (χ0) is 20.5. The van der Waals surface area contributed by atoms with Gasteiger partial charge in [0, 0.05) is 19.3 Å². The first-order chi connectivity index (χ1) is 13.4. The van der Waals surface area contributed by atoms with Gasteiger partial charge in [-0.3, -0.25) is 9.59 Å². The number of benzene rings is 2. The summed E-state index contributed by atoms with van der Waals surface area (Å²) in [4.78, 5) is 26.5. The van der Waals surface area contributed by atoms with Crippen LogP contribution in [0, 0.1) is 5.82 Å². The van der Waals surface area contributed by atoms with E-state index in [0.717, 1.165) is 16.9 Å². The van der Waals surface area contributed by atoms with Gasteiger partial charge in [-0.1, -0.05) is 24.3 Å². The first-order valence-corrected chi connectivity index (χ1v) is 10.1. The highest BCUT2D eigenvalue weighted by atomic mass is 32.2. The predicted molar refractivity (Wildman–Crippen MR) is 110 cm³/mol. The SMILES string of the molecule is CNC(=O)[C@@H](C)N(Cc1ccc(OC)cc1)C(=O)CSCc1ccc(F)cc1. The van der Waals surface area contributed by atoms with Crippen molar-refractivity contribution in [2.24, 2.45) is 0 Å². The number of amides is 2. The van der Waals surface area contributed by atoms with Crippen molar-refractivity contribution >= 4 is 23.6 Å². The zero-order valence-electron chi connectivity index (χ0n) is 16.3. The lowest BCUT2D eigenvalue weighted by molar-refractivity contribution is -0.138. The van der Waals surface area contributed by atoms with Crippen LogP contribution in [0.5, 0.6) is 5.75 Å². The maximum atomic E-state index is 13.0. The Bertz CT molecular complexity index is 781. The van der Waals surface area contributed by atoms with E-state index >= 15 is 0 Å². The Hall–Kier alpha value is -2.54. The standard InChI is InChI=1S/C21H25FN2O3S/c1-15(21(26)23-2)24(12-16-6-10-19(27-3)11-7-16)20(25)14-28-13-17-4-8-18(22)9-5-17/h4-11,15H,12-14H2,1-3H3,(H,23,26)/t15-/m1/s1. The molecule has 0 heterocycles. The number of carbonyl (C=O) groups excluding carboxylic acids is 2. The molecule has 2 amide bonds. The third-order valence-corrected chi connectivity index (χ3v) is 5.32. The molecule has 7 heteroatoms. The first-order valence-electron chi connectivity index (χ1n) is 8.90. The molecule has 150 valence electrons. The number of hydrogen-bond acceptors (Lipinski definition) is 4. The van der Waals surface area contributed by atoms with Crippen LogP contribution in [-0.2, 0) is 21.9 Å². The van der Waals surface area contributed by atoms with Gasteiger partial charge in [-0.05, 0) is 42.3 Å². The normalized spacial score (nSPS) is 11.6. The lowest BCUT2D eigenvalue weighted by Gasteiger charge is -2.28. The van der Waals surface area contributed by atoms with Crippen LogP contribution in [-0.4, -0.2) is 42.7 Å². The molecule has 0 aliphatic heterocycles. The third kappa shape index (κ3) is 6.27. The Morgan fingerprint density at radius 2 is 1.71 bits per heavy atom. The topological polar surface area (TPSA) is 58.6 Å². The van der Waals surface area contributed by atoms with Gasteiger partial charge in [0.2, 0.25) is 11.8 Å². The van der Waals surface area contributed by atoms with Crippen LogP contribution >= 0.6 is 11.8 Å². The van der Waals surface area contributed by atoms with Crippen LogP contribution in [0.2, 0.25) is 0 Å². The molecule has 0 unspecified atom stereocenters. The maximum Gasteiger partial charge on any atom is 0.242 e. The van der Waals surface area contributed by atoms with Crippen LogP contribution in [0.4, 0.5) is 4.39 Å². The van der Waals surface area contributed by atoms with Gasteiger partial charge in [0.15, 0.2) is 0 Å². The van der Waals surface area contributed by atoms with Crippen LogP contribution in [0.25, 0.3) is 0 Å². The molecule has 2 aromatic carbocycles. The Kier molecular flexibility index (Phi) is 8.32. The molecule has 28 heavy (non-hydrogen) atoms. The molecular formula is C21H25FN2O3S. The van der Waals surface area contributed by atoms with Gasteiger partial charge in [-0.15, -0.1) is 11.8 Å². The molecule has 0 radical (unpaired) electrons. The van der Waals surface area contributed by atoms with E-state index in [9.17, 15) is 14.0 Å². The summed E-state index contributed by atoms with van der Waals surface area (Å²) in [6, 6.07) is 13.0. The molecule has 0 aliphatic carbocycles. The maximum absolute atomic E-state index is 13.0. The van der Waals surface area contributed by atoms with Crippen molar-refractivity contribution in [1.82, 2.24) is 10.2 Å². The summed E-state index contributed by atoms with van der Waals surface area (Å²) in [5.74, 6) is 0.932. The van der Waals surface area contributed by atoms with E-state index in [2.05, 4.69) is 5.32 Å². The molecule has 0 spiro atoms. The molecule has 0 saturated heterocycles. The largest absolute Gasteiger partial charge is 0.497 e. The Balaban J connectivity index is 2.02. The third-order valence-electron chi connectivity index (χ3n) is 4.33.